The summed E-state index contributed by atoms with van der Waals surface area (Å²) in [6, 6.07) is 3.75. The fourth-order valence-corrected chi connectivity index (χ4v) is 2.12. The maximum Gasteiger partial charge on any atom is 0.321 e. The number of halogens is 2. The lowest BCUT2D eigenvalue weighted by atomic mass is 10.3. The van der Waals surface area contributed by atoms with Gasteiger partial charge in [0.25, 0.3) is 0 Å². The second-order valence-corrected chi connectivity index (χ2v) is 4.68. The number of hydrogen-bond acceptors (Lipinski definition) is 6. The van der Waals surface area contributed by atoms with Crippen LogP contribution in [0, 0.1) is 11.6 Å². The topological polar surface area (TPSA) is 59.9 Å². The molecule has 1 heterocycles. The number of aromatic nitrogens is 3. The lowest BCUT2D eigenvalue weighted by Gasteiger charge is -2.06. The normalized spacial score (nSPS) is 10.4. The van der Waals surface area contributed by atoms with Crippen LogP contribution >= 0.6 is 11.8 Å². The Balaban J connectivity index is 2.27. The van der Waals surface area contributed by atoms with Gasteiger partial charge in [-0.3, -0.25) is 0 Å². The van der Waals surface area contributed by atoms with E-state index in [1.807, 2.05) is 6.92 Å². The number of methoxy groups -OCH3 is 1. The highest BCUT2D eigenvalue weighted by atomic mass is 32.2. The predicted octanol–water partition coefficient (Wildman–Crippen LogP) is 2.74. The number of nitrogens with one attached hydrogen (secondary N) is 1. The first kappa shape index (κ1) is 14.4. The van der Waals surface area contributed by atoms with Crippen LogP contribution in [-0.4, -0.2) is 28.6 Å². The summed E-state index contributed by atoms with van der Waals surface area (Å²) in [6.45, 7) is 2.54. The van der Waals surface area contributed by atoms with Gasteiger partial charge in [0.2, 0.25) is 11.1 Å². The van der Waals surface area contributed by atoms with Crippen LogP contribution in [0.15, 0.2) is 28.3 Å². The van der Waals surface area contributed by atoms with Crippen molar-refractivity contribution in [1.29, 1.82) is 0 Å². The molecule has 0 aliphatic carbocycles. The third kappa shape index (κ3) is 3.53. The van der Waals surface area contributed by atoms with Crippen LogP contribution in [0.25, 0.3) is 0 Å². The molecule has 0 aliphatic rings. The Morgan fingerprint density at radius 2 is 2.00 bits per heavy atom. The molecule has 0 saturated carbocycles. The lowest BCUT2D eigenvalue weighted by molar-refractivity contribution is 0.373. The molecule has 0 fully saturated rings. The zero-order valence-corrected chi connectivity index (χ0v) is 11.7. The van der Waals surface area contributed by atoms with Gasteiger partial charge < -0.3 is 10.1 Å². The Bertz CT molecular complexity index is 612. The van der Waals surface area contributed by atoms with Crippen molar-refractivity contribution in [2.45, 2.75) is 17.0 Å². The summed E-state index contributed by atoms with van der Waals surface area (Å²) in [5.74, 6) is -1.44. The van der Waals surface area contributed by atoms with E-state index in [0.717, 1.165) is 23.9 Å². The molecule has 0 radical (unpaired) electrons. The van der Waals surface area contributed by atoms with Gasteiger partial charge in [0.1, 0.15) is 0 Å². The Labute approximate surface area is 118 Å². The van der Waals surface area contributed by atoms with Gasteiger partial charge in [-0.25, -0.2) is 8.78 Å². The summed E-state index contributed by atoms with van der Waals surface area (Å²) in [6.07, 6.45) is 0. The first-order valence-corrected chi connectivity index (χ1v) is 6.61. The number of rotatable bonds is 5. The minimum atomic E-state index is -0.914. The molecule has 8 heteroatoms. The van der Waals surface area contributed by atoms with E-state index < -0.39 is 11.6 Å². The minimum absolute atomic E-state index is 0.154. The van der Waals surface area contributed by atoms with Crippen molar-refractivity contribution in [3.63, 3.8) is 0 Å². The fraction of sp³-hybridized carbons (Fsp3) is 0.250. The summed E-state index contributed by atoms with van der Waals surface area (Å²) in [5.41, 5.74) is 0. The SMILES string of the molecule is CCNc1nc(OC)nc(Sc2ccc(F)c(F)c2)n1. The van der Waals surface area contributed by atoms with Crippen LogP contribution in [0.5, 0.6) is 6.01 Å². The highest BCUT2D eigenvalue weighted by Crippen LogP contribution is 2.27. The smallest absolute Gasteiger partial charge is 0.321 e. The molecule has 0 aliphatic heterocycles. The van der Waals surface area contributed by atoms with Crippen molar-refractivity contribution < 1.29 is 13.5 Å². The van der Waals surface area contributed by atoms with Crippen LogP contribution in [0.4, 0.5) is 14.7 Å². The Morgan fingerprint density at radius 3 is 2.65 bits per heavy atom. The van der Waals surface area contributed by atoms with Gasteiger partial charge >= 0.3 is 6.01 Å². The first-order chi connectivity index (χ1) is 9.62. The van der Waals surface area contributed by atoms with Gasteiger partial charge in [-0.2, -0.15) is 15.0 Å². The van der Waals surface area contributed by atoms with Crippen molar-refractivity contribution in [3.05, 3.63) is 29.8 Å². The average Bonchev–Trinajstić information content (AvgIpc) is 2.43. The van der Waals surface area contributed by atoms with Crippen LogP contribution in [0.3, 0.4) is 0 Å². The molecule has 0 spiro atoms. The van der Waals surface area contributed by atoms with Crippen molar-refractivity contribution in [2.75, 3.05) is 19.0 Å². The van der Waals surface area contributed by atoms with Crippen molar-refractivity contribution >= 4 is 17.7 Å². The molecule has 2 rings (SSSR count). The summed E-state index contributed by atoms with van der Waals surface area (Å²) in [5, 5.41) is 3.27. The highest BCUT2D eigenvalue weighted by molar-refractivity contribution is 7.99. The van der Waals surface area contributed by atoms with Gasteiger partial charge in [0, 0.05) is 11.4 Å². The fourth-order valence-electron chi connectivity index (χ4n) is 1.36. The van der Waals surface area contributed by atoms with E-state index in [2.05, 4.69) is 20.3 Å². The molecule has 0 unspecified atom stereocenters. The van der Waals surface area contributed by atoms with Crippen molar-refractivity contribution in [3.8, 4) is 6.01 Å². The van der Waals surface area contributed by atoms with Crippen molar-refractivity contribution in [2.24, 2.45) is 0 Å². The molecule has 0 saturated heterocycles. The maximum atomic E-state index is 13.1. The maximum absolute atomic E-state index is 13.1. The molecule has 1 aromatic carbocycles. The highest BCUT2D eigenvalue weighted by Gasteiger charge is 2.10. The molecule has 20 heavy (non-hydrogen) atoms. The zero-order chi connectivity index (χ0) is 14.5. The second kappa shape index (κ2) is 6.47. The lowest BCUT2D eigenvalue weighted by Crippen LogP contribution is -2.05. The van der Waals surface area contributed by atoms with E-state index >= 15 is 0 Å². The summed E-state index contributed by atoms with van der Waals surface area (Å²) >= 11 is 1.09. The number of nitrogens with zero attached hydrogens (tertiary/aromatic N) is 3. The van der Waals surface area contributed by atoms with Gasteiger partial charge in [-0.1, -0.05) is 0 Å². The van der Waals surface area contributed by atoms with Crippen LogP contribution in [-0.2, 0) is 0 Å². The molecule has 0 amide bonds. The van der Waals surface area contributed by atoms with Crippen LogP contribution in [0.2, 0.25) is 0 Å². The molecule has 5 nitrogen and oxygen atoms in total. The number of benzene rings is 1. The predicted molar refractivity (Wildman–Crippen MR) is 71.0 cm³/mol. The molecule has 106 valence electrons. The molecule has 2 aromatic rings. The molecule has 1 N–H and O–H groups in total. The monoisotopic (exact) mass is 298 g/mol. The van der Waals surface area contributed by atoms with E-state index in [0.29, 0.717) is 22.5 Å². The average molecular weight is 298 g/mol. The van der Waals surface area contributed by atoms with E-state index in [1.165, 1.54) is 13.2 Å². The number of anilines is 1. The quantitative estimate of drug-likeness (QED) is 0.916. The van der Waals surface area contributed by atoms with E-state index in [1.54, 1.807) is 0 Å². The Kier molecular flexibility index (Phi) is 4.67. The van der Waals surface area contributed by atoms with Crippen LogP contribution < -0.4 is 10.1 Å². The van der Waals surface area contributed by atoms with E-state index in [4.69, 9.17) is 4.74 Å². The zero-order valence-electron chi connectivity index (χ0n) is 10.9. The largest absolute Gasteiger partial charge is 0.467 e. The molecule has 0 bridgehead atoms. The third-order valence-electron chi connectivity index (χ3n) is 2.21. The standard InChI is InChI=1S/C12H12F2N4OS/c1-3-15-10-16-11(19-2)18-12(17-10)20-7-4-5-8(13)9(14)6-7/h4-6H,3H2,1-2H3,(H,15,16,17,18). The van der Waals surface area contributed by atoms with E-state index in [9.17, 15) is 8.78 Å². The molecular formula is C12H12F2N4OS. The molecule has 0 atom stereocenters. The summed E-state index contributed by atoms with van der Waals surface area (Å²) < 4.78 is 31.0. The summed E-state index contributed by atoms with van der Waals surface area (Å²) in [4.78, 5) is 12.7. The first-order valence-electron chi connectivity index (χ1n) is 5.79. The minimum Gasteiger partial charge on any atom is -0.467 e. The summed E-state index contributed by atoms with van der Waals surface area (Å²) in [7, 11) is 1.44. The van der Waals surface area contributed by atoms with Gasteiger partial charge in [-0.15, -0.1) is 0 Å². The van der Waals surface area contributed by atoms with E-state index in [-0.39, 0.29) is 6.01 Å². The second-order valence-electron chi connectivity index (χ2n) is 3.64. The number of hydrogen-bond donors (Lipinski definition) is 1. The van der Waals surface area contributed by atoms with Crippen molar-refractivity contribution in [1.82, 2.24) is 15.0 Å². The Hall–Kier alpha value is -1.96. The van der Waals surface area contributed by atoms with Crippen LogP contribution in [0.1, 0.15) is 6.92 Å². The Morgan fingerprint density at radius 1 is 1.20 bits per heavy atom. The van der Waals surface area contributed by atoms with Gasteiger partial charge in [-0.05, 0) is 36.9 Å². The molecular weight excluding hydrogens is 286 g/mol. The molecule has 1 aromatic heterocycles. The van der Waals surface area contributed by atoms with Gasteiger partial charge in [0.05, 0.1) is 7.11 Å². The van der Waals surface area contributed by atoms with Gasteiger partial charge in [0.15, 0.2) is 11.6 Å². The third-order valence-corrected chi connectivity index (χ3v) is 3.07. The number of ether oxygens (including phenoxy) is 1.